The van der Waals surface area contributed by atoms with Gasteiger partial charge in [0.2, 0.25) is 0 Å². The highest BCUT2D eigenvalue weighted by Gasteiger charge is 2.47. The number of Topliss-reactive ketones (excluding diaryl/α,β-unsaturated/α-hetero) is 1. The first-order valence-corrected chi connectivity index (χ1v) is 6.47. The lowest BCUT2D eigenvalue weighted by Crippen LogP contribution is -2.37. The van der Waals surface area contributed by atoms with Crippen LogP contribution in [-0.2, 0) is 11.2 Å². The Morgan fingerprint density at radius 1 is 1.32 bits per heavy atom. The van der Waals surface area contributed by atoms with Gasteiger partial charge in [-0.25, -0.2) is 0 Å². The van der Waals surface area contributed by atoms with E-state index in [1.165, 1.54) is 6.20 Å². The first kappa shape index (κ1) is 14.0. The maximum absolute atomic E-state index is 12.9. The van der Waals surface area contributed by atoms with Crippen molar-refractivity contribution in [3.05, 3.63) is 30.1 Å². The van der Waals surface area contributed by atoms with E-state index < -0.39 is 18.0 Å². The molecule has 1 saturated carbocycles. The molecule has 2 rings (SSSR count). The molecule has 104 valence electrons. The molecule has 5 heteroatoms. The van der Waals surface area contributed by atoms with Crippen molar-refractivity contribution in [2.45, 2.75) is 38.3 Å². The standard InChI is InChI=1S/C14H16F3NO/c15-14(16,17)12-6-2-1-5-11(12)13(19)8-10-4-3-7-18-9-10/h3-4,7,9,11-12H,1-2,5-6,8H2. The minimum Gasteiger partial charge on any atom is -0.299 e. The topological polar surface area (TPSA) is 30.0 Å². The number of hydrogen-bond donors (Lipinski definition) is 0. The van der Waals surface area contributed by atoms with E-state index in [2.05, 4.69) is 4.98 Å². The predicted molar refractivity (Wildman–Crippen MR) is 64.5 cm³/mol. The number of ketones is 1. The van der Waals surface area contributed by atoms with Crippen LogP contribution >= 0.6 is 0 Å². The molecule has 1 aliphatic carbocycles. The zero-order valence-corrected chi connectivity index (χ0v) is 10.5. The summed E-state index contributed by atoms with van der Waals surface area (Å²) < 4.78 is 38.8. The van der Waals surface area contributed by atoms with Gasteiger partial charge in [-0.1, -0.05) is 18.9 Å². The number of rotatable bonds is 3. The van der Waals surface area contributed by atoms with Crippen molar-refractivity contribution in [1.29, 1.82) is 0 Å². The number of nitrogens with zero attached hydrogens (tertiary/aromatic N) is 1. The van der Waals surface area contributed by atoms with E-state index in [4.69, 9.17) is 0 Å². The lowest BCUT2D eigenvalue weighted by Gasteiger charge is -2.32. The van der Waals surface area contributed by atoms with E-state index in [0.717, 1.165) is 0 Å². The van der Waals surface area contributed by atoms with Crippen molar-refractivity contribution in [2.75, 3.05) is 0 Å². The number of carbonyl (C=O) groups is 1. The van der Waals surface area contributed by atoms with Crippen LogP contribution in [0.15, 0.2) is 24.5 Å². The van der Waals surface area contributed by atoms with Gasteiger partial charge in [0, 0.05) is 24.7 Å². The van der Waals surface area contributed by atoms with Crippen LogP contribution in [0.5, 0.6) is 0 Å². The highest BCUT2D eigenvalue weighted by atomic mass is 19.4. The third kappa shape index (κ3) is 3.55. The first-order valence-electron chi connectivity index (χ1n) is 6.47. The molecule has 1 aliphatic rings. The third-order valence-corrected chi connectivity index (χ3v) is 3.70. The maximum Gasteiger partial charge on any atom is 0.392 e. The van der Waals surface area contributed by atoms with Crippen LogP contribution < -0.4 is 0 Å². The SMILES string of the molecule is O=C(Cc1cccnc1)C1CCCCC1C(F)(F)F. The molecule has 0 saturated heterocycles. The van der Waals surface area contributed by atoms with E-state index in [1.54, 1.807) is 18.3 Å². The normalized spacial score (nSPS) is 24.2. The van der Waals surface area contributed by atoms with Crippen molar-refractivity contribution in [3.63, 3.8) is 0 Å². The highest BCUT2D eigenvalue weighted by Crippen LogP contribution is 2.42. The molecule has 1 heterocycles. The molecule has 1 aromatic rings. The second kappa shape index (κ2) is 5.72. The summed E-state index contributed by atoms with van der Waals surface area (Å²) in [6, 6.07) is 3.40. The van der Waals surface area contributed by atoms with Crippen LogP contribution in [0.1, 0.15) is 31.2 Å². The number of halogens is 3. The Morgan fingerprint density at radius 3 is 2.68 bits per heavy atom. The zero-order valence-electron chi connectivity index (χ0n) is 10.5. The lowest BCUT2D eigenvalue weighted by molar-refractivity contribution is -0.197. The summed E-state index contributed by atoms with van der Waals surface area (Å²) >= 11 is 0. The third-order valence-electron chi connectivity index (χ3n) is 3.70. The molecule has 1 aromatic heterocycles. The summed E-state index contributed by atoms with van der Waals surface area (Å²) in [7, 11) is 0. The van der Waals surface area contributed by atoms with Crippen LogP contribution in [0.25, 0.3) is 0 Å². The molecule has 0 bridgehead atoms. The van der Waals surface area contributed by atoms with Gasteiger partial charge in [0.25, 0.3) is 0 Å². The van der Waals surface area contributed by atoms with Gasteiger partial charge in [-0.15, -0.1) is 0 Å². The molecule has 2 atom stereocenters. The average molecular weight is 271 g/mol. The van der Waals surface area contributed by atoms with E-state index in [1.807, 2.05) is 0 Å². The number of carbonyl (C=O) groups excluding carboxylic acids is 1. The minimum absolute atomic E-state index is 0.0467. The van der Waals surface area contributed by atoms with Gasteiger partial charge in [-0.05, 0) is 24.5 Å². The summed E-state index contributed by atoms with van der Waals surface area (Å²) in [6.45, 7) is 0. The molecule has 0 radical (unpaired) electrons. The molecule has 0 aliphatic heterocycles. The smallest absolute Gasteiger partial charge is 0.299 e. The van der Waals surface area contributed by atoms with Crippen LogP contribution in [-0.4, -0.2) is 16.9 Å². The number of hydrogen-bond acceptors (Lipinski definition) is 2. The Hall–Kier alpha value is -1.39. The largest absolute Gasteiger partial charge is 0.392 e. The number of pyridine rings is 1. The monoisotopic (exact) mass is 271 g/mol. The molecule has 0 spiro atoms. The second-order valence-electron chi connectivity index (χ2n) is 5.04. The molecule has 2 unspecified atom stereocenters. The predicted octanol–water partition coefficient (Wildman–Crippen LogP) is 3.56. The number of alkyl halides is 3. The molecule has 19 heavy (non-hydrogen) atoms. The van der Waals surface area contributed by atoms with Gasteiger partial charge in [0.15, 0.2) is 0 Å². The van der Waals surface area contributed by atoms with Crippen LogP contribution in [0.2, 0.25) is 0 Å². The van der Waals surface area contributed by atoms with Gasteiger partial charge in [0.1, 0.15) is 5.78 Å². The Kier molecular flexibility index (Phi) is 4.22. The minimum atomic E-state index is -4.27. The maximum atomic E-state index is 12.9. The molecule has 1 fully saturated rings. The average Bonchev–Trinajstić information content (AvgIpc) is 2.39. The van der Waals surface area contributed by atoms with Gasteiger partial charge >= 0.3 is 6.18 Å². The van der Waals surface area contributed by atoms with E-state index in [-0.39, 0.29) is 18.6 Å². The van der Waals surface area contributed by atoms with Crippen molar-refractivity contribution in [3.8, 4) is 0 Å². The van der Waals surface area contributed by atoms with Crippen molar-refractivity contribution >= 4 is 5.78 Å². The fourth-order valence-corrected chi connectivity index (χ4v) is 2.74. The van der Waals surface area contributed by atoms with Crippen molar-refractivity contribution in [1.82, 2.24) is 4.98 Å². The fraction of sp³-hybridized carbons (Fsp3) is 0.571. The summed E-state index contributed by atoms with van der Waals surface area (Å²) in [6.07, 6.45) is 0.574. The molecule has 2 nitrogen and oxygen atoms in total. The Bertz CT molecular complexity index is 430. The van der Waals surface area contributed by atoms with Crippen molar-refractivity contribution < 1.29 is 18.0 Å². The van der Waals surface area contributed by atoms with Gasteiger partial charge in [0.05, 0.1) is 5.92 Å². The van der Waals surface area contributed by atoms with Gasteiger partial charge < -0.3 is 0 Å². The van der Waals surface area contributed by atoms with Crippen LogP contribution in [0.3, 0.4) is 0 Å². The molecular formula is C14H16F3NO. The number of aromatic nitrogens is 1. The second-order valence-corrected chi connectivity index (χ2v) is 5.04. The van der Waals surface area contributed by atoms with E-state index in [0.29, 0.717) is 24.8 Å². The summed E-state index contributed by atoms with van der Waals surface area (Å²) in [5.74, 6) is -2.66. The quantitative estimate of drug-likeness (QED) is 0.841. The Morgan fingerprint density at radius 2 is 2.05 bits per heavy atom. The van der Waals surface area contributed by atoms with Gasteiger partial charge in [-0.2, -0.15) is 13.2 Å². The summed E-state index contributed by atoms with van der Waals surface area (Å²) in [5.41, 5.74) is 0.680. The van der Waals surface area contributed by atoms with E-state index >= 15 is 0 Å². The Balaban J connectivity index is 2.08. The first-order chi connectivity index (χ1) is 8.98. The molecule has 0 aromatic carbocycles. The molecule has 0 amide bonds. The summed E-state index contributed by atoms with van der Waals surface area (Å²) in [4.78, 5) is 16.0. The fourth-order valence-electron chi connectivity index (χ4n) is 2.74. The van der Waals surface area contributed by atoms with Crippen LogP contribution in [0.4, 0.5) is 13.2 Å². The highest BCUT2D eigenvalue weighted by molar-refractivity contribution is 5.83. The van der Waals surface area contributed by atoms with Crippen LogP contribution in [0, 0.1) is 11.8 Å². The molecule has 0 N–H and O–H groups in total. The van der Waals surface area contributed by atoms with Crippen molar-refractivity contribution in [2.24, 2.45) is 11.8 Å². The van der Waals surface area contributed by atoms with Gasteiger partial charge in [-0.3, -0.25) is 9.78 Å². The van der Waals surface area contributed by atoms with E-state index in [9.17, 15) is 18.0 Å². The lowest BCUT2D eigenvalue weighted by atomic mass is 9.75. The Labute approximate surface area is 110 Å². The zero-order chi connectivity index (χ0) is 13.9. The summed E-state index contributed by atoms with van der Waals surface area (Å²) in [5, 5.41) is 0. The molecular weight excluding hydrogens is 255 g/mol.